The van der Waals surface area contributed by atoms with Crippen LogP contribution in [-0.4, -0.2) is 5.60 Å². The standard InChI is InChI=1S/C17H21NOS/c1-12(16-9-6-10-20-16)18-14-11-17(2,3)19-15-8-5-4-7-13(14)15/h4-10,12,14,18H,11H2,1-3H3. The van der Waals surface area contributed by atoms with Gasteiger partial charge in [-0.3, -0.25) is 0 Å². The molecule has 1 aromatic heterocycles. The Bertz CT molecular complexity index is 576. The molecule has 1 aliphatic rings. The minimum Gasteiger partial charge on any atom is -0.487 e. The quantitative estimate of drug-likeness (QED) is 0.883. The smallest absolute Gasteiger partial charge is 0.124 e. The van der Waals surface area contributed by atoms with Crippen molar-refractivity contribution in [1.82, 2.24) is 5.32 Å². The lowest BCUT2D eigenvalue weighted by atomic mass is 9.89. The highest BCUT2D eigenvalue weighted by atomic mass is 32.1. The van der Waals surface area contributed by atoms with Crippen LogP contribution in [0.25, 0.3) is 0 Å². The topological polar surface area (TPSA) is 21.3 Å². The molecule has 0 saturated heterocycles. The van der Waals surface area contributed by atoms with E-state index in [4.69, 9.17) is 4.74 Å². The van der Waals surface area contributed by atoms with Gasteiger partial charge in [-0.05, 0) is 38.3 Å². The lowest BCUT2D eigenvalue weighted by Crippen LogP contribution is -2.40. The summed E-state index contributed by atoms with van der Waals surface area (Å²) in [5.74, 6) is 1.01. The Labute approximate surface area is 124 Å². The first kappa shape index (κ1) is 13.7. The van der Waals surface area contributed by atoms with E-state index >= 15 is 0 Å². The number of rotatable bonds is 3. The zero-order valence-corrected chi connectivity index (χ0v) is 13.0. The van der Waals surface area contributed by atoms with Gasteiger partial charge < -0.3 is 10.1 Å². The van der Waals surface area contributed by atoms with Crippen LogP contribution in [0.15, 0.2) is 41.8 Å². The molecule has 2 unspecified atom stereocenters. The molecule has 3 heteroatoms. The Morgan fingerprint density at radius 1 is 1.25 bits per heavy atom. The number of benzene rings is 1. The molecule has 0 amide bonds. The van der Waals surface area contributed by atoms with E-state index < -0.39 is 0 Å². The number of ether oxygens (including phenoxy) is 1. The molecule has 2 heterocycles. The molecule has 0 radical (unpaired) electrons. The van der Waals surface area contributed by atoms with E-state index in [1.165, 1.54) is 10.4 Å². The molecule has 0 aliphatic carbocycles. The maximum atomic E-state index is 6.08. The molecule has 0 spiro atoms. The monoisotopic (exact) mass is 287 g/mol. The number of hydrogen-bond acceptors (Lipinski definition) is 3. The van der Waals surface area contributed by atoms with Crippen molar-refractivity contribution in [2.45, 2.75) is 44.9 Å². The summed E-state index contributed by atoms with van der Waals surface area (Å²) in [7, 11) is 0. The van der Waals surface area contributed by atoms with Gasteiger partial charge in [0.15, 0.2) is 0 Å². The van der Waals surface area contributed by atoms with Gasteiger partial charge in [-0.1, -0.05) is 24.3 Å². The molecule has 2 nitrogen and oxygen atoms in total. The summed E-state index contributed by atoms with van der Waals surface area (Å²) in [5, 5.41) is 5.90. The zero-order chi connectivity index (χ0) is 14.2. The second kappa shape index (κ2) is 5.23. The van der Waals surface area contributed by atoms with Gasteiger partial charge in [-0.15, -0.1) is 11.3 Å². The Morgan fingerprint density at radius 3 is 2.80 bits per heavy atom. The average molecular weight is 287 g/mol. The predicted molar refractivity (Wildman–Crippen MR) is 84.4 cm³/mol. The first-order chi connectivity index (χ1) is 9.55. The Balaban J connectivity index is 1.85. The zero-order valence-electron chi connectivity index (χ0n) is 12.2. The van der Waals surface area contributed by atoms with Crippen LogP contribution in [-0.2, 0) is 0 Å². The first-order valence-corrected chi connectivity index (χ1v) is 8.00. The van der Waals surface area contributed by atoms with Gasteiger partial charge >= 0.3 is 0 Å². The van der Waals surface area contributed by atoms with Crippen molar-refractivity contribution in [2.24, 2.45) is 0 Å². The van der Waals surface area contributed by atoms with Crippen LogP contribution in [0.5, 0.6) is 5.75 Å². The molecule has 0 bridgehead atoms. The van der Waals surface area contributed by atoms with E-state index in [9.17, 15) is 0 Å². The summed E-state index contributed by atoms with van der Waals surface area (Å²) in [6, 6.07) is 13.4. The van der Waals surface area contributed by atoms with E-state index in [0.717, 1.165) is 12.2 Å². The van der Waals surface area contributed by atoms with Crippen LogP contribution in [0.3, 0.4) is 0 Å². The van der Waals surface area contributed by atoms with Crippen LogP contribution in [0.1, 0.15) is 49.7 Å². The Morgan fingerprint density at radius 2 is 2.05 bits per heavy atom. The first-order valence-electron chi connectivity index (χ1n) is 7.12. The van der Waals surface area contributed by atoms with Gasteiger partial charge in [-0.2, -0.15) is 0 Å². The average Bonchev–Trinajstić information content (AvgIpc) is 2.91. The molecule has 1 aliphatic heterocycles. The third kappa shape index (κ3) is 2.74. The van der Waals surface area contributed by atoms with Crippen LogP contribution in [0.2, 0.25) is 0 Å². The predicted octanol–water partition coefficient (Wildman–Crippen LogP) is 4.70. The third-order valence-electron chi connectivity index (χ3n) is 3.80. The summed E-state index contributed by atoms with van der Waals surface area (Å²) < 4.78 is 6.08. The van der Waals surface area contributed by atoms with Gasteiger partial charge in [0.25, 0.3) is 0 Å². The summed E-state index contributed by atoms with van der Waals surface area (Å²) in [6.45, 7) is 6.55. The third-order valence-corrected chi connectivity index (χ3v) is 4.85. The number of thiophene rings is 1. The van der Waals surface area contributed by atoms with Crippen molar-refractivity contribution in [3.63, 3.8) is 0 Å². The van der Waals surface area contributed by atoms with Crippen molar-refractivity contribution >= 4 is 11.3 Å². The second-order valence-corrected chi connectivity index (χ2v) is 7.04. The molecule has 106 valence electrons. The molecule has 2 aromatic rings. The van der Waals surface area contributed by atoms with E-state index in [0.29, 0.717) is 12.1 Å². The minimum atomic E-state index is -0.124. The molecular formula is C17H21NOS. The van der Waals surface area contributed by atoms with Gasteiger partial charge in [0.2, 0.25) is 0 Å². The van der Waals surface area contributed by atoms with Gasteiger partial charge in [0.05, 0.1) is 0 Å². The molecule has 20 heavy (non-hydrogen) atoms. The molecule has 0 fully saturated rings. The number of nitrogens with one attached hydrogen (secondary N) is 1. The van der Waals surface area contributed by atoms with Crippen LogP contribution in [0, 0.1) is 0 Å². The fourth-order valence-corrected chi connectivity index (χ4v) is 3.62. The van der Waals surface area contributed by atoms with Crippen molar-refractivity contribution in [3.8, 4) is 5.75 Å². The Hall–Kier alpha value is -1.32. The van der Waals surface area contributed by atoms with Crippen molar-refractivity contribution in [1.29, 1.82) is 0 Å². The van der Waals surface area contributed by atoms with Crippen molar-refractivity contribution in [3.05, 3.63) is 52.2 Å². The van der Waals surface area contributed by atoms with Gasteiger partial charge in [0, 0.05) is 28.9 Å². The van der Waals surface area contributed by atoms with E-state index in [-0.39, 0.29) is 5.60 Å². The molecule has 1 N–H and O–H groups in total. The molecule has 3 rings (SSSR count). The maximum absolute atomic E-state index is 6.08. The number of fused-ring (bicyclic) bond motifs is 1. The van der Waals surface area contributed by atoms with E-state index in [1.54, 1.807) is 0 Å². The van der Waals surface area contributed by atoms with E-state index in [1.807, 2.05) is 17.4 Å². The SMILES string of the molecule is CC(NC1CC(C)(C)Oc2ccccc21)c1cccs1. The number of hydrogen-bond donors (Lipinski definition) is 1. The summed E-state index contributed by atoms with van der Waals surface area (Å²) >= 11 is 1.81. The van der Waals surface area contributed by atoms with Crippen molar-refractivity contribution in [2.75, 3.05) is 0 Å². The normalized spacial score (nSPS) is 21.9. The fourth-order valence-electron chi connectivity index (χ4n) is 2.87. The van der Waals surface area contributed by atoms with Crippen LogP contribution >= 0.6 is 11.3 Å². The van der Waals surface area contributed by atoms with Crippen molar-refractivity contribution < 1.29 is 4.74 Å². The highest BCUT2D eigenvalue weighted by Gasteiger charge is 2.34. The summed E-state index contributed by atoms with van der Waals surface area (Å²) in [5.41, 5.74) is 1.15. The number of para-hydroxylation sites is 1. The van der Waals surface area contributed by atoms with E-state index in [2.05, 4.69) is 61.8 Å². The molecular weight excluding hydrogens is 266 g/mol. The van der Waals surface area contributed by atoms with Crippen LogP contribution in [0.4, 0.5) is 0 Å². The lowest BCUT2D eigenvalue weighted by Gasteiger charge is -2.39. The minimum absolute atomic E-state index is 0.124. The summed E-state index contributed by atoms with van der Waals surface area (Å²) in [6.07, 6.45) is 0.986. The van der Waals surface area contributed by atoms with Crippen LogP contribution < -0.4 is 10.1 Å². The largest absolute Gasteiger partial charge is 0.487 e. The Kier molecular flexibility index (Phi) is 3.57. The van der Waals surface area contributed by atoms with Gasteiger partial charge in [-0.25, -0.2) is 0 Å². The molecule has 0 saturated carbocycles. The second-order valence-electron chi connectivity index (χ2n) is 6.06. The van der Waals surface area contributed by atoms with Gasteiger partial charge in [0.1, 0.15) is 11.4 Å². The fraction of sp³-hybridized carbons (Fsp3) is 0.412. The maximum Gasteiger partial charge on any atom is 0.124 e. The summed E-state index contributed by atoms with van der Waals surface area (Å²) in [4.78, 5) is 1.38. The highest BCUT2D eigenvalue weighted by Crippen LogP contribution is 2.40. The molecule has 1 aromatic carbocycles. The highest BCUT2D eigenvalue weighted by molar-refractivity contribution is 7.10. The molecule has 2 atom stereocenters. The lowest BCUT2D eigenvalue weighted by molar-refractivity contribution is 0.0641.